The van der Waals surface area contributed by atoms with E-state index < -0.39 is 15.9 Å². The average molecular weight is 421 g/mol. The fraction of sp³-hybridized carbons (Fsp3) is 0.381. The molecule has 0 aromatic heterocycles. The van der Waals surface area contributed by atoms with Gasteiger partial charge in [0.2, 0.25) is 10.0 Å². The summed E-state index contributed by atoms with van der Waals surface area (Å²) in [5.41, 5.74) is 2.00. The van der Waals surface area contributed by atoms with Crippen LogP contribution in [-0.2, 0) is 16.4 Å². The lowest BCUT2D eigenvalue weighted by Gasteiger charge is -2.26. The number of halogens is 1. The minimum absolute atomic E-state index is 0.0993. The van der Waals surface area contributed by atoms with Crippen molar-refractivity contribution in [3.05, 3.63) is 58.6 Å². The van der Waals surface area contributed by atoms with Crippen LogP contribution >= 0.6 is 11.6 Å². The molecule has 1 fully saturated rings. The molecule has 1 saturated heterocycles. The fourth-order valence-corrected chi connectivity index (χ4v) is 5.08. The molecular formula is C21H25ClN2O3S. The van der Waals surface area contributed by atoms with E-state index in [1.165, 1.54) is 28.1 Å². The lowest BCUT2D eigenvalue weighted by atomic mass is 10.1. The summed E-state index contributed by atoms with van der Waals surface area (Å²) in [5.74, 6) is -0.427. The zero-order valence-corrected chi connectivity index (χ0v) is 17.5. The van der Waals surface area contributed by atoms with Gasteiger partial charge >= 0.3 is 0 Å². The Morgan fingerprint density at radius 2 is 1.75 bits per heavy atom. The Morgan fingerprint density at radius 3 is 2.39 bits per heavy atom. The Hall–Kier alpha value is -1.89. The van der Waals surface area contributed by atoms with E-state index in [9.17, 15) is 13.2 Å². The summed E-state index contributed by atoms with van der Waals surface area (Å²) in [4.78, 5) is 12.8. The minimum Gasteiger partial charge on any atom is -0.322 e. The monoisotopic (exact) mass is 420 g/mol. The van der Waals surface area contributed by atoms with Gasteiger partial charge in [-0.1, -0.05) is 43.5 Å². The molecule has 0 radical (unpaired) electrons. The van der Waals surface area contributed by atoms with E-state index in [1.807, 2.05) is 24.3 Å². The van der Waals surface area contributed by atoms with Gasteiger partial charge in [0.1, 0.15) is 0 Å². The smallest absolute Gasteiger partial charge is 0.257 e. The second-order valence-corrected chi connectivity index (χ2v) is 9.35. The zero-order chi connectivity index (χ0) is 20.1. The summed E-state index contributed by atoms with van der Waals surface area (Å²) in [6, 6.07) is 11.9. The van der Waals surface area contributed by atoms with E-state index >= 15 is 0 Å². The highest BCUT2D eigenvalue weighted by atomic mass is 35.5. The number of anilines is 1. The van der Waals surface area contributed by atoms with E-state index in [0.717, 1.165) is 32.1 Å². The molecule has 1 aliphatic heterocycles. The summed E-state index contributed by atoms with van der Waals surface area (Å²) < 4.78 is 27.2. The van der Waals surface area contributed by atoms with Crippen LogP contribution in [0.15, 0.2) is 47.4 Å². The largest absolute Gasteiger partial charge is 0.322 e. The number of benzene rings is 2. The second-order valence-electron chi connectivity index (χ2n) is 7.01. The van der Waals surface area contributed by atoms with Gasteiger partial charge in [-0.25, -0.2) is 8.42 Å². The predicted octanol–water partition coefficient (Wildman–Crippen LogP) is 4.72. The quantitative estimate of drug-likeness (QED) is 0.735. The van der Waals surface area contributed by atoms with Crippen molar-refractivity contribution in [2.75, 3.05) is 18.4 Å². The lowest BCUT2D eigenvalue weighted by Crippen LogP contribution is -2.35. The van der Waals surface area contributed by atoms with Crippen LogP contribution < -0.4 is 5.32 Å². The van der Waals surface area contributed by atoms with E-state index in [0.29, 0.717) is 18.8 Å². The first-order valence-electron chi connectivity index (χ1n) is 9.62. The number of carbonyl (C=O) groups is 1. The topological polar surface area (TPSA) is 66.5 Å². The normalized spacial score (nSPS) is 15.4. The molecule has 2 aromatic rings. The predicted molar refractivity (Wildman–Crippen MR) is 112 cm³/mol. The van der Waals surface area contributed by atoms with E-state index in [4.69, 9.17) is 11.6 Å². The first kappa shape index (κ1) is 20.8. The number of nitrogens with one attached hydrogen (secondary N) is 1. The van der Waals surface area contributed by atoms with Crippen molar-refractivity contribution in [3.8, 4) is 0 Å². The summed E-state index contributed by atoms with van der Waals surface area (Å²) in [6.45, 7) is 3.13. The highest BCUT2D eigenvalue weighted by Gasteiger charge is 2.27. The zero-order valence-electron chi connectivity index (χ0n) is 15.9. The van der Waals surface area contributed by atoms with Crippen LogP contribution in [0.2, 0.25) is 5.02 Å². The molecule has 2 aromatic carbocycles. The standard InChI is InChI=1S/C21H25ClN2O3S/c1-2-6-16-7-9-17(10-8-16)23-21(25)19-15-18(11-12-20(19)22)28(26,27)24-13-4-3-5-14-24/h7-12,15H,2-6,13-14H2,1H3,(H,23,25). The van der Waals surface area contributed by atoms with E-state index in [-0.39, 0.29) is 15.5 Å². The van der Waals surface area contributed by atoms with Crippen LogP contribution in [0.25, 0.3) is 0 Å². The maximum Gasteiger partial charge on any atom is 0.257 e. The third-order valence-electron chi connectivity index (χ3n) is 4.89. The molecule has 0 aliphatic carbocycles. The van der Waals surface area contributed by atoms with Crippen molar-refractivity contribution < 1.29 is 13.2 Å². The maximum atomic E-state index is 12.9. The van der Waals surface area contributed by atoms with Crippen LogP contribution in [-0.4, -0.2) is 31.7 Å². The van der Waals surface area contributed by atoms with Crippen molar-refractivity contribution in [2.45, 2.75) is 43.9 Å². The number of nitrogens with zero attached hydrogens (tertiary/aromatic N) is 1. The fourth-order valence-electron chi connectivity index (χ4n) is 3.34. The molecule has 150 valence electrons. The molecule has 28 heavy (non-hydrogen) atoms. The summed E-state index contributed by atoms with van der Waals surface area (Å²) in [5, 5.41) is 3.01. The minimum atomic E-state index is -3.62. The summed E-state index contributed by atoms with van der Waals surface area (Å²) in [6.07, 6.45) is 4.79. The number of carbonyl (C=O) groups excluding carboxylic acids is 1. The first-order chi connectivity index (χ1) is 13.4. The molecule has 0 bridgehead atoms. The Labute approximate surface area is 171 Å². The lowest BCUT2D eigenvalue weighted by molar-refractivity contribution is 0.102. The van der Waals surface area contributed by atoms with Gasteiger partial charge in [-0.2, -0.15) is 4.31 Å². The van der Waals surface area contributed by atoms with Crippen LogP contribution in [0.5, 0.6) is 0 Å². The molecule has 1 N–H and O–H groups in total. The van der Waals surface area contributed by atoms with Crippen molar-refractivity contribution in [2.24, 2.45) is 0 Å². The summed E-state index contributed by atoms with van der Waals surface area (Å²) >= 11 is 6.19. The molecule has 1 heterocycles. The number of hydrogen-bond acceptors (Lipinski definition) is 3. The van der Waals surface area contributed by atoms with E-state index in [2.05, 4.69) is 12.2 Å². The Kier molecular flexibility index (Phi) is 6.75. The molecule has 1 aliphatic rings. The Bertz CT molecular complexity index is 937. The van der Waals surface area contributed by atoms with Crippen molar-refractivity contribution >= 4 is 33.2 Å². The molecule has 0 unspecified atom stereocenters. The van der Waals surface area contributed by atoms with Gasteiger partial charge in [-0.05, 0) is 55.2 Å². The van der Waals surface area contributed by atoms with Crippen LogP contribution in [0.3, 0.4) is 0 Å². The van der Waals surface area contributed by atoms with Crippen molar-refractivity contribution in [1.29, 1.82) is 0 Å². The number of amides is 1. The molecule has 5 nitrogen and oxygen atoms in total. The summed E-state index contributed by atoms with van der Waals surface area (Å²) in [7, 11) is -3.62. The van der Waals surface area contributed by atoms with Gasteiger partial charge in [0.05, 0.1) is 15.5 Å². The second kappa shape index (κ2) is 9.07. The Morgan fingerprint density at radius 1 is 1.07 bits per heavy atom. The first-order valence-corrected chi connectivity index (χ1v) is 11.4. The molecule has 0 saturated carbocycles. The highest BCUT2D eigenvalue weighted by molar-refractivity contribution is 7.89. The number of rotatable bonds is 6. The van der Waals surface area contributed by atoms with Crippen LogP contribution in [0, 0.1) is 0 Å². The highest BCUT2D eigenvalue weighted by Crippen LogP contribution is 2.26. The van der Waals surface area contributed by atoms with Gasteiger partial charge in [-0.15, -0.1) is 0 Å². The molecule has 0 atom stereocenters. The third kappa shape index (κ3) is 4.74. The third-order valence-corrected chi connectivity index (χ3v) is 7.11. The van der Waals surface area contributed by atoms with Gasteiger partial charge in [0, 0.05) is 18.8 Å². The van der Waals surface area contributed by atoms with Gasteiger partial charge < -0.3 is 5.32 Å². The van der Waals surface area contributed by atoms with Crippen molar-refractivity contribution in [3.63, 3.8) is 0 Å². The number of piperidine rings is 1. The number of hydrogen-bond donors (Lipinski definition) is 1. The van der Waals surface area contributed by atoms with Gasteiger partial charge in [-0.3, -0.25) is 4.79 Å². The van der Waals surface area contributed by atoms with Crippen LogP contribution in [0.4, 0.5) is 5.69 Å². The van der Waals surface area contributed by atoms with Gasteiger partial charge in [0.25, 0.3) is 5.91 Å². The van der Waals surface area contributed by atoms with Crippen molar-refractivity contribution in [1.82, 2.24) is 4.31 Å². The molecular weight excluding hydrogens is 396 g/mol. The van der Waals surface area contributed by atoms with Crippen LogP contribution in [0.1, 0.15) is 48.5 Å². The molecule has 7 heteroatoms. The maximum absolute atomic E-state index is 12.9. The number of aryl methyl sites for hydroxylation is 1. The van der Waals surface area contributed by atoms with Gasteiger partial charge in [0.15, 0.2) is 0 Å². The molecule has 0 spiro atoms. The average Bonchev–Trinajstić information content (AvgIpc) is 2.70. The molecule has 3 rings (SSSR count). The SMILES string of the molecule is CCCc1ccc(NC(=O)c2cc(S(=O)(=O)N3CCCCC3)ccc2Cl)cc1. The van der Waals surface area contributed by atoms with E-state index in [1.54, 1.807) is 0 Å². The number of sulfonamides is 1. The Balaban J connectivity index is 1.81. The molecule has 1 amide bonds.